The summed E-state index contributed by atoms with van der Waals surface area (Å²) in [5, 5.41) is 20.7. The predicted octanol–water partition coefficient (Wildman–Crippen LogP) is 1.59. The molecule has 18 heavy (non-hydrogen) atoms. The van der Waals surface area contributed by atoms with Crippen molar-refractivity contribution in [2.24, 2.45) is 5.16 Å². The van der Waals surface area contributed by atoms with E-state index in [-0.39, 0.29) is 5.56 Å². The van der Waals surface area contributed by atoms with Crippen LogP contribution in [0.1, 0.15) is 22.2 Å². The summed E-state index contributed by atoms with van der Waals surface area (Å²) in [5.41, 5.74) is -0.773. The van der Waals surface area contributed by atoms with Gasteiger partial charge in [-0.25, -0.2) is 4.79 Å². The number of carboxylic acid groups (broad SMARTS) is 1. The van der Waals surface area contributed by atoms with Crippen molar-refractivity contribution in [2.75, 3.05) is 0 Å². The Balaban J connectivity index is 2.85. The van der Waals surface area contributed by atoms with Gasteiger partial charge in [0.05, 0.1) is 16.5 Å². The van der Waals surface area contributed by atoms with E-state index in [2.05, 4.69) is 5.16 Å². The van der Waals surface area contributed by atoms with Gasteiger partial charge in [0.1, 0.15) is 10.4 Å². The van der Waals surface area contributed by atoms with E-state index in [1.165, 1.54) is 29.8 Å². The summed E-state index contributed by atoms with van der Waals surface area (Å²) in [7, 11) is 0. The average molecular weight is 266 g/mol. The maximum absolute atomic E-state index is 12.0. The van der Waals surface area contributed by atoms with Gasteiger partial charge in [-0.05, 0) is 13.0 Å². The van der Waals surface area contributed by atoms with Gasteiger partial charge in [-0.3, -0.25) is 4.79 Å². The van der Waals surface area contributed by atoms with Gasteiger partial charge in [-0.1, -0.05) is 5.16 Å². The predicted molar refractivity (Wildman–Crippen MR) is 68.1 cm³/mol. The average Bonchev–Trinajstić information content (AvgIpc) is 2.74. The molecule has 2 N–H and O–H groups in total. The molecule has 94 valence electrons. The lowest BCUT2D eigenvalue weighted by molar-refractivity contribution is 0.0695. The number of rotatable bonds is 3. The molecule has 0 atom stereocenters. The second-order valence-corrected chi connectivity index (χ2v) is 4.64. The molecule has 2 rings (SSSR count). The molecule has 0 amide bonds. The van der Waals surface area contributed by atoms with Crippen molar-refractivity contribution in [1.29, 1.82) is 0 Å². The van der Waals surface area contributed by atoms with Gasteiger partial charge in [-0.15, -0.1) is 11.3 Å². The van der Waals surface area contributed by atoms with Crippen LogP contribution >= 0.6 is 11.3 Å². The molecule has 0 bridgehead atoms. The van der Waals surface area contributed by atoms with Crippen molar-refractivity contribution in [3.8, 4) is 0 Å². The monoisotopic (exact) mass is 266 g/mol. The van der Waals surface area contributed by atoms with Crippen LogP contribution in [-0.4, -0.2) is 27.1 Å². The number of hydrogen-bond acceptors (Lipinski definition) is 5. The molecule has 0 aliphatic rings. The number of fused-ring (bicyclic) bond motifs is 1. The van der Waals surface area contributed by atoms with Gasteiger partial charge in [0.25, 0.3) is 0 Å². The fraction of sp³-hybridized carbons (Fsp3) is 0.182. The molecule has 0 aliphatic heterocycles. The van der Waals surface area contributed by atoms with Crippen LogP contribution in [-0.2, 0) is 6.54 Å². The lowest BCUT2D eigenvalue weighted by atomic mass is 10.2. The lowest BCUT2D eigenvalue weighted by Crippen LogP contribution is -2.17. The van der Waals surface area contributed by atoms with Crippen LogP contribution in [0.2, 0.25) is 0 Å². The first-order valence-electron chi connectivity index (χ1n) is 5.16. The standard InChI is InChI=1S/C11H10N2O4S/c1-2-13-5-8(11(15)16)9(14)7-3-6(4-12-17)18-10(7)13/h3-5,17H,2H2,1H3,(H,15,16)/b12-4+. The minimum Gasteiger partial charge on any atom is -0.477 e. The molecule has 2 aromatic heterocycles. The summed E-state index contributed by atoms with van der Waals surface area (Å²) >= 11 is 1.27. The van der Waals surface area contributed by atoms with Gasteiger partial charge < -0.3 is 14.9 Å². The fourth-order valence-corrected chi connectivity index (χ4v) is 2.76. The Labute approximate surface area is 105 Å². The third-order valence-corrected chi connectivity index (χ3v) is 3.63. The van der Waals surface area contributed by atoms with Gasteiger partial charge in [0.2, 0.25) is 5.43 Å². The largest absolute Gasteiger partial charge is 0.477 e. The van der Waals surface area contributed by atoms with Crippen LogP contribution in [0.4, 0.5) is 0 Å². The minimum absolute atomic E-state index is 0.255. The number of aryl methyl sites for hydroxylation is 1. The molecule has 6 nitrogen and oxygen atoms in total. The minimum atomic E-state index is -1.24. The first-order chi connectivity index (χ1) is 8.58. The van der Waals surface area contributed by atoms with Crippen LogP contribution < -0.4 is 5.43 Å². The van der Waals surface area contributed by atoms with E-state index in [1.807, 2.05) is 6.92 Å². The van der Waals surface area contributed by atoms with Crippen molar-refractivity contribution in [2.45, 2.75) is 13.5 Å². The molecule has 0 spiro atoms. The SMILES string of the molecule is CCn1cc(C(=O)O)c(=O)c2cc(/C=N/O)sc21. The highest BCUT2D eigenvalue weighted by atomic mass is 32.1. The maximum Gasteiger partial charge on any atom is 0.341 e. The molecule has 2 aromatic rings. The van der Waals surface area contributed by atoms with Crippen molar-refractivity contribution < 1.29 is 15.1 Å². The molecule has 0 saturated carbocycles. The quantitative estimate of drug-likeness (QED) is 0.501. The molecule has 0 aromatic carbocycles. The number of thiophene rings is 1. The molecule has 0 unspecified atom stereocenters. The zero-order valence-electron chi connectivity index (χ0n) is 9.45. The first-order valence-corrected chi connectivity index (χ1v) is 5.97. The normalized spacial score (nSPS) is 11.4. The van der Waals surface area contributed by atoms with Crippen LogP contribution in [0, 0.1) is 0 Å². The summed E-state index contributed by atoms with van der Waals surface area (Å²) in [5.74, 6) is -1.24. The molecule has 0 radical (unpaired) electrons. The van der Waals surface area contributed by atoms with Crippen molar-refractivity contribution in [3.63, 3.8) is 0 Å². The molecule has 2 heterocycles. The van der Waals surface area contributed by atoms with E-state index in [0.717, 1.165) is 0 Å². The van der Waals surface area contributed by atoms with Crippen molar-refractivity contribution >= 4 is 33.7 Å². The summed E-state index contributed by atoms with van der Waals surface area (Å²) in [6.45, 7) is 2.41. The Morgan fingerprint density at radius 3 is 2.89 bits per heavy atom. The first kappa shape index (κ1) is 12.3. The summed E-state index contributed by atoms with van der Waals surface area (Å²) in [6, 6.07) is 1.53. The number of nitrogens with zero attached hydrogens (tertiary/aromatic N) is 2. The maximum atomic E-state index is 12.0. The number of oxime groups is 1. The van der Waals surface area contributed by atoms with Crippen LogP contribution in [0.3, 0.4) is 0 Å². The number of carboxylic acids is 1. The summed E-state index contributed by atoms with van der Waals surface area (Å²) < 4.78 is 1.69. The molecular weight excluding hydrogens is 256 g/mol. The van der Waals surface area contributed by atoms with E-state index < -0.39 is 11.4 Å². The Morgan fingerprint density at radius 2 is 2.33 bits per heavy atom. The van der Waals surface area contributed by atoms with E-state index in [9.17, 15) is 9.59 Å². The zero-order valence-corrected chi connectivity index (χ0v) is 10.3. The molecule has 0 fully saturated rings. The van der Waals surface area contributed by atoms with Crippen molar-refractivity contribution in [3.05, 3.63) is 32.9 Å². The number of carbonyl (C=O) groups is 1. The molecule has 0 saturated heterocycles. The Hall–Kier alpha value is -2.15. The molecular formula is C11H10N2O4S. The number of pyridine rings is 1. The number of hydrogen-bond donors (Lipinski definition) is 2. The third kappa shape index (κ3) is 1.88. The second-order valence-electron chi connectivity index (χ2n) is 3.58. The van der Waals surface area contributed by atoms with Crippen LogP contribution in [0.15, 0.2) is 22.2 Å². The fourth-order valence-electron chi connectivity index (χ4n) is 1.70. The molecule has 7 heteroatoms. The van der Waals surface area contributed by atoms with Gasteiger partial charge in [-0.2, -0.15) is 0 Å². The number of aromatic carboxylic acids is 1. The van der Waals surface area contributed by atoms with Crippen LogP contribution in [0.5, 0.6) is 0 Å². The highest BCUT2D eigenvalue weighted by Crippen LogP contribution is 2.22. The summed E-state index contributed by atoms with van der Waals surface area (Å²) in [4.78, 5) is 24.2. The number of aromatic nitrogens is 1. The highest BCUT2D eigenvalue weighted by Gasteiger charge is 2.16. The van der Waals surface area contributed by atoms with E-state index in [4.69, 9.17) is 10.3 Å². The lowest BCUT2D eigenvalue weighted by Gasteiger charge is -2.05. The third-order valence-electron chi connectivity index (χ3n) is 2.52. The zero-order chi connectivity index (χ0) is 13.3. The van der Waals surface area contributed by atoms with Gasteiger partial charge >= 0.3 is 5.97 Å². The van der Waals surface area contributed by atoms with Gasteiger partial charge in [0, 0.05) is 12.7 Å². The van der Waals surface area contributed by atoms with Crippen LogP contribution in [0.25, 0.3) is 10.2 Å². The van der Waals surface area contributed by atoms with E-state index in [0.29, 0.717) is 21.6 Å². The van der Waals surface area contributed by atoms with Gasteiger partial charge in [0.15, 0.2) is 0 Å². The Morgan fingerprint density at radius 1 is 1.61 bits per heavy atom. The smallest absolute Gasteiger partial charge is 0.341 e. The summed E-state index contributed by atoms with van der Waals surface area (Å²) in [6.07, 6.45) is 2.55. The van der Waals surface area contributed by atoms with Crippen molar-refractivity contribution in [1.82, 2.24) is 4.57 Å². The van der Waals surface area contributed by atoms with E-state index in [1.54, 1.807) is 4.57 Å². The Bertz CT molecular complexity index is 699. The second kappa shape index (κ2) is 4.61. The van der Waals surface area contributed by atoms with E-state index >= 15 is 0 Å². The topological polar surface area (TPSA) is 91.9 Å². The molecule has 0 aliphatic carbocycles. The Kier molecular flexibility index (Phi) is 3.15. The highest BCUT2D eigenvalue weighted by molar-refractivity contribution is 7.20.